The van der Waals surface area contributed by atoms with E-state index in [1.807, 2.05) is 12.3 Å². The van der Waals surface area contributed by atoms with Gasteiger partial charge < -0.3 is 4.74 Å². The molecule has 26 heavy (non-hydrogen) atoms. The Morgan fingerprint density at radius 1 is 1.15 bits per heavy atom. The second kappa shape index (κ2) is 8.42. The van der Waals surface area contributed by atoms with E-state index < -0.39 is 5.97 Å². The van der Waals surface area contributed by atoms with Crippen molar-refractivity contribution < 1.29 is 9.53 Å². The van der Waals surface area contributed by atoms with Gasteiger partial charge in [0.05, 0.1) is 18.0 Å². The van der Waals surface area contributed by atoms with Gasteiger partial charge in [-0.25, -0.2) is 4.98 Å². The molecule has 0 aliphatic rings. The van der Waals surface area contributed by atoms with Crippen molar-refractivity contribution in [2.45, 2.75) is 22.3 Å². The van der Waals surface area contributed by atoms with Gasteiger partial charge in [0.2, 0.25) is 0 Å². The first-order chi connectivity index (χ1) is 12.6. The number of nitrogens with zero attached hydrogens (tertiary/aromatic N) is 2. The van der Waals surface area contributed by atoms with E-state index >= 15 is 0 Å². The maximum atomic E-state index is 12.8. The van der Waals surface area contributed by atoms with Crippen molar-refractivity contribution in [2.75, 3.05) is 13.4 Å². The number of thioether (sulfide) groups is 2. The Morgan fingerprint density at radius 2 is 1.88 bits per heavy atom. The summed E-state index contributed by atoms with van der Waals surface area (Å²) < 4.78 is 6.11. The minimum absolute atomic E-state index is 0.152. The van der Waals surface area contributed by atoms with E-state index in [1.54, 1.807) is 30.0 Å². The van der Waals surface area contributed by atoms with Crippen molar-refractivity contribution in [1.29, 1.82) is 0 Å². The normalized spacial score (nSPS) is 10.8. The molecule has 1 heterocycles. The molecule has 0 atom stereocenters. The first kappa shape index (κ1) is 18.5. The van der Waals surface area contributed by atoms with Crippen LogP contribution < -0.4 is 5.56 Å². The molecule has 0 aliphatic carbocycles. The van der Waals surface area contributed by atoms with Gasteiger partial charge in [-0.2, -0.15) is 0 Å². The molecule has 0 saturated carbocycles. The first-order valence-electron chi connectivity index (χ1n) is 7.94. The van der Waals surface area contributed by atoms with Crippen molar-refractivity contribution in [1.82, 2.24) is 9.55 Å². The number of rotatable bonds is 6. The molecular formula is C19H18N2O3S2. The van der Waals surface area contributed by atoms with Crippen LogP contribution in [0.1, 0.15) is 5.56 Å². The maximum absolute atomic E-state index is 12.8. The van der Waals surface area contributed by atoms with Crippen LogP contribution in [-0.2, 0) is 21.8 Å². The van der Waals surface area contributed by atoms with E-state index in [2.05, 4.69) is 29.2 Å². The largest absolute Gasteiger partial charge is 0.468 e. The third-order valence-electron chi connectivity index (χ3n) is 3.87. The second-order valence-corrected chi connectivity index (χ2v) is 7.34. The molecule has 0 aliphatic heterocycles. The lowest BCUT2D eigenvalue weighted by Gasteiger charge is -2.12. The van der Waals surface area contributed by atoms with Gasteiger partial charge in [-0.15, -0.1) is 11.8 Å². The van der Waals surface area contributed by atoms with Gasteiger partial charge in [0, 0.05) is 10.6 Å². The zero-order chi connectivity index (χ0) is 18.5. The summed E-state index contributed by atoms with van der Waals surface area (Å²) in [5.41, 5.74) is 1.51. The average Bonchev–Trinajstić information content (AvgIpc) is 2.69. The second-order valence-electron chi connectivity index (χ2n) is 5.52. The van der Waals surface area contributed by atoms with Gasteiger partial charge >= 0.3 is 5.97 Å². The molecule has 0 fully saturated rings. The summed E-state index contributed by atoms with van der Waals surface area (Å²) in [4.78, 5) is 30.3. The number of hydrogen-bond donors (Lipinski definition) is 0. The summed E-state index contributed by atoms with van der Waals surface area (Å²) >= 11 is 3.12. The molecule has 3 aromatic rings. The van der Waals surface area contributed by atoms with Crippen LogP contribution in [0.2, 0.25) is 0 Å². The standard InChI is InChI=1S/C19H18N2O3S2/c1-24-17(22)11-21-18(23)15-5-3-4-6-16(15)20-19(21)26-12-13-7-9-14(25-2)10-8-13/h3-10H,11-12H2,1-2H3. The summed E-state index contributed by atoms with van der Waals surface area (Å²) in [6, 6.07) is 15.4. The van der Waals surface area contributed by atoms with Crippen molar-refractivity contribution in [3.05, 3.63) is 64.4 Å². The Kier molecular flexibility index (Phi) is 6.00. The third kappa shape index (κ3) is 4.11. The first-order valence-corrected chi connectivity index (χ1v) is 10.2. The van der Waals surface area contributed by atoms with Crippen molar-refractivity contribution in [3.8, 4) is 0 Å². The predicted molar refractivity (Wildman–Crippen MR) is 106 cm³/mol. The van der Waals surface area contributed by atoms with Crippen LogP contribution in [0.15, 0.2) is 63.4 Å². The van der Waals surface area contributed by atoms with E-state index in [4.69, 9.17) is 4.74 Å². The van der Waals surface area contributed by atoms with Crippen LogP contribution in [0, 0.1) is 0 Å². The SMILES string of the molecule is COC(=O)Cn1c(SCc2ccc(SC)cc2)nc2ccccc2c1=O. The van der Waals surface area contributed by atoms with Gasteiger partial charge in [-0.3, -0.25) is 14.2 Å². The van der Waals surface area contributed by atoms with Crippen LogP contribution >= 0.6 is 23.5 Å². The topological polar surface area (TPSA) is 61.2 Å². The van der Waals surface area contributed by atoms with E-state index in [0.29, 0.717) is 21.8 Å². The highest BCUT2D eigenvalue weighted by Crippen LogP contribution is 2.23. The molecule has 0 radical (unpaired) electrons. The number of carbonyl (C=O) groups excluding carboxylic acids is 1. The Hall–Kier alpha value is -2.25. The number of carbonyl (C=O) groups is 1. The number of hydrogen-bond acceptors (Lipinski definition) is 6. The fourth-order valence-corrected chi connectivity index (χ4v) is 3.82. The van der Waals surface area contributed by atoms with Crippen LogP contribution in [0.5, 0.6) is 0 Å². The van der Waals surface area contributed by atoms with E-state index in [9.17, 15) is 9.59 Å². The highest BCUT2D eigenvalue weighted by molar-refractivity contribution is 7.98. The number of methoxy groups -OCH3 is 1. The number of ether oxygens (including phenoxy) is 1. The van der Waals surface area contributed by atoms with Crippen LogP contribution in [0.25, 0.3) is 10.9 Å². The van der Waals surface area contributed by atoms with E-state index in [0.717, 1.165) is 5.56 Å². The summed E-state index contributed by atoms with van der Waals surface area (Å²) in [6.07, 6.45) is 2.04. The average molecular weight is 386 g/mol. The van der Waals surface area contributed by atoms with Gasteiger partial charge in [0.15, 0.2) is 5.16 Å². The summed E-state index contributed by atoms with van der Waals surface area (Å²) in [7, 11) is 1.31. The van der Waals surface area contributed by atoms with Crippen molar-refractivity contribution in [2.24, 2.45) is 0 Å². The lowest BCUT2D eigenvalue weighted by Crippen LogP contribution is -2.27. The molecule has 0 unspecified atom stereocenters. The third-order valence-corrected chi connectivity index (χ3v) is 5.66. The highest BCUT2D eigenvalue weighted by atomic mass is 32.2. The molecule has 1 aromatic heterocycles. The predicted octanol–water partition coefficient (Wildman–Crippen LogP) is 3.58. The van der Waals surface area contributed by atoms with Crippen molar-refractivity contribution >= 4 is 40.4 Å². The molecule has 3 rings (SSSR count). The maximum Gasteiger partial charge on any atom is 0.325 e. The molecule has 0 amide bonds. The van der Waals surface area contributed by atoms with E-state index in [1.165, 1.54) is 28.3 Å². The zero-order valence-electron chi connectivity index (χ0n) is 14.5. The molecule has 0 bridgehead atoms. The Labute approximate surface area is 159 Å². The minimum atomic E-state index is -0.477. The summed E-state index contributed by atoms with van der Waals surface area (Å²) in [5, 5.41) is 0.998. The number of fused-ring (bicyclic) bond motifs is 1. The van der Waals surface area contributed by atoms with Gasteiger partial charge in [-0.1, -0.05) is 36.0 Å². The lowest BCUT2D eigenvalue weighted by atomic mass is 10.2. The molecule has 134 valence electrons. The van der Waals surface area contributed by atoms with Crippen LogP contribution in [0.3, 0.4) is 0 Å². The Balaban J connectivity index is 1.95. The number of esters is 1. The fraction of sp³-hybridized carbons (Fsp3) is 0.211. The molecule has 0 spiro atoms. The Morgan fingerprint density at radius 3 is 2.58 bits per heavy atom. The van der Waals surface area contributed by atoms with Gasteiger partial charge in [-0.05, 0) is 36.1 Å². The fourth-order valence-electron chi connectivity index (χ4n) is 2.46. The zero-order valence-corrected chi connectivity index (χ0v) is 16.1. The molecule has 0 saturated heterocycles. The monoisotopic (exact) mass is 386 g/mol. The smallest absolute Gasteiger partial charge is 0.325 e. The molecule has 5 nitrogen and oxygen atoms in total. The molecule has 2 aromatic carbocycles. The van der Waals surface area contributed by atoms with Gasteiger partial charge in [0.25, 0.3) is 5.56 Å². The number of aromatic nitrogens is 2. The molecule has 7 heteroatoms. The van der Waals surface area contributed by atoms with Gasteiger partial charge in [0.1, 0.15) is 6.54 Å². The number of benzene rings is 2. The highest BCUT2D eigenvalue weighted by Gasteiger charge is 2.14. The quantitative estimate of drug-likeness (QED) is 0.367. The minimum Gasteiger partial charge on any atom is -0.468 e. The van der Waals surface area contributed by atoms with Crippen LogP contribution in [-0.4, -0.2) is 28.9 Å². The van der Waals surface area contributed by atoms with E-state index in [-0.39, 0.29) is 12.1 Å². The molecular weight excluding hydrogens is 368 g/mol. The van der Waals surface area contributed by atoms with Crippen LogP contribution in [0.4, 0.5) is 0 Å². The van der Waals surface area contributed by atoms with Crippen molar-refractivity contribution in [3.63, 3.8) is 0 Å². The molecule has 0 N–H and O–H groups in total. The summed E-state index contributed by atoms with van der Waals surface area (Å²) in [5.74, 6) is 0.177. The Bertz CT molecular complexity index is 984. The number of para-hydroxylation sites is 1. The lowest BCUT2D eigenvalue weighted by molar-refractivity contribution is -0.141. The summed E-state index contributed by atoms with van der Waals surface area (Å²) in [6.45, 7) is -0.152.